The Morgan fingerprint density at radius 2 is 2.29 bits per heavy atom. The normalized spacial score (nSPS) is 21.8. The second kappa shape index (κ2) is 5.68. The highest BCUT2D eigenvalue weighted by atomic mass is 28.4. The van der Waals surface area contributed by atoms with E-state index < -0.39 is 8.32 Å². The van der Waals surface area contributed by atoms with Crippen molar-refractivity contribution in [3.8, 4) is 0 Å². The maximum atomic E-state index is 5.98. The number of hydrogen-bond donors (Lipinski definition) is 0. The minimum Gasteiger partial charge on any atom is -0.414 e. The average molecular weight is 214 g/mol. The van der Waals surface area contributed by atoms with Crippen molar-refractivity contribution < 1.29 is 9.16 Å². The SMILES string of the molecule is CCCC[Si](C)(C)OCC1C=CCO1. The molecule has 0 aliphatic carbocycles. The van der Waals surface area contributed by atoms with Gasteiger partial charge in [0.1, 0.15) is 0 Å². The van der Waals surface area contributed by atoms with E-state index in [2.05, 4.69) is 32.2 Å². The van der Waals surface area contributed by atoms with Gasteiger partial charge in [-0.1, -0.05) is 31.9 Å². The van der Waals surface area contributed by atoms with E-state index in [0.29, 0.717) is 0 Å². The summed E-state index contributed by atoms with van der Waals surface area (Å²) >= 11 is 0. The highest BCUT2D eigenvalue weighted by molar-refractivity contribution is 6.71. The van der Waals surface area contributed by atoms with Crippen molar-refractivity contribution in [2.24, 2.45) is 0 Å². The average Bonchev–Trinajstić information content (AvgIpc) is 2.64. The lowest BCUT2D eigenvalue weighted by molar-refractivity contribution is 0.0806. The minimum atomic E-state index is -1.41. The molecule has 2 nitrogen and oxygen atoms in total. The van der Waals surface area contributed by atoms with Crippen LogP contribution in [-0.4, -0.2) is 27.6 Å². The lowest BCUT2D eigenvalue weighted by atomic mass is 10.4. The summed E-state index contributed by atoms with van der Waals surface area (Å²) in [4.78, 5) is 0. The van der Waals surface area contributed by atoms with Crippen LogP contribution in [0.1, 0.15) is 19.8 Å². The van der Waals surface area contributed by atoms with Crippen molar-refractivity contribution in [1.82, 2.24) is 0 Å². The molecule has 1 aliphatic rings. The Morgan fingerprint density at radius 3 is 2.86 bits per heavy atom. The van der Waals surface area contributed by atoms with E-state index in [1.807, 2.05) is 0 Å². The van der Waals surface area contributed by atoms with Gasteiger partial charge in [0.05, 0.1) is 19.3 Å². The maximum Gasteiger partial charge on any atom is 0.186 e. The van der Waals surface area contributed by atoms with Crippen LogP contribution in [0.2, 0.25) is 19.1 Å². The molecule has 0 spiro atoms. The van der Waals surface area contributed by atoms with Gasteiger partial charge in [0.15, 0.2) is 8.32 Å². The summed E-state index contributed by atoms with van der Waals surface area (Å²) in [6.07, 6.45) is 6.93. The monoisotopic (exact) mass is 214 g/mol. The van der Waals surface area contributed by atoms with Gasteiger partial charge in [0.2, 0.25) is 0 Å². The molecule has 0 amide bonds. The Bertz CT molecular complexity index is 190. The molecule has 0 saturated carbocycles. The van der Waals surface area contributed by atoms with Crippen LogP contribution in [0.25, 0.3) is 0 Å². The Labute approximate surface area is 88.4 Å². The molecule has 1 heterocycles. The molecule has 0 bridgehead atoms. The third-order valence-corrected chi connectivity index (χ3v) is 5.03. The van der Waals surface area contributed by atoms with Gasteiger partial charge in [-0.05, 0) is 19.1 Å². The molecule has 82 valence electrons. The summed E-state index contributed by atoms with van der Waals surface area (Å²) < 4.78 is 11.4. The third-order valence-electron chi connectivity index (χ3n) is 2.53. The van der Waals surface area contributed by atoms with Crippen LogP contribution in [0.4, 0.5) is 0 Å². The first kappa shape index (κ1) is 11.9. The van der Waals surface area contributed by atoms with Crippen molar-refractivity contribution in [1.29, 1.82) is 0 Å². The quantitative estimate of drug-likeness (QED) is 0.500. The second-order valence-corrected chi connectivity index (χ2v) is 8.78. The van der Waals surface area contributed by atoms with E-state index in [4.69, 9.17) is 9.16 Å². The molecule has 1 atom stereocenters. The van der Waals surface area contributed by atoms with Gasteiger partial charge >= 0.3 is 0 Å². The molecule has 0 fully saturated rings. The zero-order valence-electron chi connectivity index (χ0n) is 9.58. The van der Waals surface area contributed by atoms with Crippen molar-refractivity contribution in [2.75, 3.05) is 13.2 Å². The Balaban J connectivity index is 2.17. The predicted molar refractivity (Wildman–Crippen MR) is 62.0 cm³/mol. The molecule has 0 aromatic rings. The van der Waals surface area contributed by atoms with Crippen molar-refractivity contribution in [2.45, 2.75) is 45.0 Å². The fraction of sp³-hybridized carbons (Fsp3) is 0.818. The highest BCUT2D eigenvalue weighted by Crippen LogP contribution is 2.16. The number of rotatable bonds is 6. The summed E-state index contributed by atoms with van der Waals surface area (Å²) in [5.41, 5.74) is 0. The molecule has 14 heavy (non-hydrogen) atoms. The van der Waals surface area contributed by atoms with Gasteiger partial charge in [0, 0.05) is 0 Å². The fourth-order valence-electron chi connectivity index (χ4n) is 1.53. The number of ether oxygens (including phenoxy) is 1. The van der Waals surface area contributed by atoms with E-state index in [-0.39, 0.29) is 6.10 Å². The molecule has 0 aromatic carbocycles. The third kappa shape index (κ3) is 4.40. The second-order valence-electron chi connectivity index (χ2n) is 4.47. The zero-order chi connectivity index (χ0) is 10.4. The largest absolute Gasteiger partial charge is 0.414 e. The fourth-order valence-corrected chi connectivity index (χ4v) is 3.49. The highest BCUT2D eigenvalue weighted by Gasteiger charge is 2.23. The van der Waals surface area contributed by atoms with Gasteiger partial charge < -0.3 is 9.16 Å². The van der Waals surface area contributed by atoms with E-state index in [0.717, 1.165) is 13.2 Å². The van der Waals surface area contributed by atoms with Crippen LogP contribution in [0.5, 0.6) is 0 Å². The van der Waals surface area contributed by atoms with E-state index >= 15 is 0 Å². The molecular weight excluding hydrogens is 192 g/mol. The van der Waals surface area contributed by atoms with E-state index in [9.17, 15) is 0 Å². The van der Waals surface area contributed by atoms with Crippen molar-refractivity contribution in [3.63, 3.8) is 0 Å². The van der Waals surface area contributed by atoms with Crippen LogP contribution in [0, 0.1) is 0 Å². The molecule has 1 aliphatic heterocycles. The summed E-state index contributed by atoms with van der Waals surface area (Å²) in [6.45, 7) is 8.32. The zero-order valence-corrected chi connectivity index (χ0v) is 10.6. The summed E-state index contributed by atoms with van der Waals surface area (Å²) in [5.74, 6) is 0. The number of hydrogen-bond acceptors (Lipinski definition) is 2. The van der Waals surface area contributed by atoms with Crippen LogP contribution in [0.3, 0.4) is 0 Å². The van der Waals surface area contributed by atoms with Crippen molar-refractivity contribution >= 4 is 8.32 Å². The molecule has 1 rings (SSSR count). The smallest absolute Gasteiger partial charge is 0.186 e. The summed E-state index contributed by atoms with van der Waals surface area (Å²) in [6, 6.07) is 1.26. The van der Waals surface area contributed by atoms with Crippen LogP contribution in [0.15, 0.2) is 12.2 Å². The van der Waals surface area contributed by atoms with Crippen LogP contribution >= 0.6 is 0 Å². The van der Waals surface area contributed by atoms with Crippen LogP contribution in [-0.2, 0) is 9.16 Å². The van der Waals surface area contributed by atoms with Crippen molar-refractivity contribution in [3.05, 3.63) is 12.2 Å². The Morgan fingerprint density at radius 1 is 1.50 bits per heavy atom. The Hall–Kier alpha value is -0.123. The summed E-state index contributed by atoms with van der Waals surface area (Å²) in [5, 5.41) is 0. The molecule has 3 heteroatoms. The molecular formula is C11H22O2Si. The Kier molecular flexibility index (Phi) is 4.85. The number of unbranched alkanes of at least 4 members (excludes halogenated alkanes) is 1. The predicted octanol–water partition coefficient (Wildman–Crippen LogP) is 2.96. The van der Waals surface area contributed by atoms with Crippen LogP contribution < -0.4 is 0 Å². The molecule has 0 N–H and O–H groups in total. The first-order valence-electron chi connectivity index (χ1n) is 5.56. The van der Waals surface area contributed by atoms with Gasteiger partial charge in [-0.15, -0.1) is 0 Å². The van der Waals surface area contributed by atoms with Gasteiger partial charge in [-0.25, -0.2) is 0 Å². The standard InChI is InChI=1S/C11H22O2Si/c1-4-5-9-14(2,3)13-10-11-7-6-8-12-11/h6-7,11H,4-5,8-10H2,1-3H3. The topological polar surface area (TPSA) is 18.5 Å². The first-order valence-corrected chi connectivity index (χ1v) is 8.68. The van der Waals surface area contributed by atoms with Gasteiger partial charge in [-0.3, -0.25) is 0 Å². The first-order chi connectivity index (χ1) is 6.64. The van der Waals surface area contributed by atoms with E-state index in [1.165, 1.54) is 18.9 Å². The molecule has 0 aromatic heterocycles. The lowest BCUT2D eigenvalue weighted by Crippen LogP contribution is -2.33. The van der Waals surface area contributed by atoms with Gasteiger partial charge in [-0.2, -0.15) is 0 Å². The maximum absolute atomic E-state index is 5.98. The molecule has 0 saturated heterocycles. The van der Waals surface area contributed by atoms with E-state index in [1.54, 1.807) is 0 Å². The molecule has 1 unspecified atom stereocenters. The molecule has 0 radical (unpaired) electrons. The minimum absolute atomic E-state index is 0.211. The summed E-state index contributed by atoms with van der Waals surface area (Å²) in [7, 11) is -1.41. The lowest BCUT2D eigenvalue weighted by Gasteiger charge is -2.24. The van der Waals surface area contributed by atoms with Gasteiger partial charge in [0.25, 0.3) is 0 Å².